The van der Waals surface area contributed by atoms with Gasteiger partial charge in [-0.1, -0.05) is 6.92 Å². The number of thioether (sulfide) groups is 1. The van der Waals surface area contributed by atoms with Crippen LogP contribution in [0.25, 0.3) is 0 Å². The molecule has 0 aliphatic carbocycles. The number of esters is 1. The van der Waals surface area contributed by atoms with Crippen molar-refractivity contribution in [2.75, 3.05) is 12.4 Å². The molecule has 4 heteroatoms. The van der Waals surface area contributed by atoms with Crippen LogP contribution in [-0.2, 0) is 9.53 Å². The van der Waals surface area contributed by atoms with Gasteiger partial charge >= 0.3 is 5.97 Å². The molecule has 0 saturated carbocycles. The van der Waals surface area contributed by atoms with E-state index in [9.17, 15) is 4.79 Å². The van der Waals surface area contributed by atoms with Crippen LogP contribution < -0.4 is 0 Å². The average molecular weight is 185 g/mol. The number of rotatable bonds is 4. The minimum Gasteiger partial charge on any atom is -0.462 e. The van der Waals surface area contributed by atoms with Gasteiger partial charge in [0.15, 0.2) is 0 Å². The first-order chi connectivity index (χ1) is 5.76. The minimum absolute atomic E-state index is 0.0729. The fourth-order valence-electron chi connectivity index (χ4n) is 0.496. The fourth-order valence-corrected chi connectivity index (χ4v) is 0.978. The molecule has 0 N–H and O–H groups in total. The third-order valence-corrected chi connectivity index (χ3v) is 1.72. The zero-order valence-electron chi connectivity index (χ0n) is 7.16. The number of carbonyl (C=O) groups excluding carboxylic acids is 1. The molecule has 0 heterocycles. The molecule has 0 aliphatic rings. The smallest absolute Gasteiger partial charge is 0.349 e. The molecule has 0 unspecified atom stereocenters. The lowest BCUT2D eigenvalue weighted by Crippen LogP contribution is -2.05. The summed E-state index contributed by atoms with van der Waals surface area (Å²) in [6, 6.07) is 1.79. The minimum atomic E-state index is -0.541. The number of carbonyl (C=O) groups is 1. The van der Waals surface area contributed by atoms with E-state index in [-0.39, 0.29) is 5.57 Å². The van der Waals surface area contributed by atoms with Crippen LogP contribution >= 0.6 is 11.8 Å². The van der Waals surface area contributed by atoms with Gasteiger partial charge in [-0.3, -0.25) is 0 Å². The van der Waals surface area contributed by atoms with E-state index in [0.29, 0.717) is 6.61 Å². The Morgan fingerprint density at radius 2 is 2.33 bits per heavy atom. The molecule has 0 fully saturated rings. The van der Waals surface area contributed by atoms with E-state index >= 15 is 0 Å². The molecule has 0 atom stereocenters. The Kier molecular flexibility index (Phi) is 6.21. The van der Waals surface area contributed by atoms with Crippen LogP contribution in [-0.4, -0.2) is 18.3 Å². The second-order valence-corrected chi connectivity index (χ2v) is 2.97. The van der Waals surface area contributed by atoms with Gasteiger partial charge < -0.3 is 4.74 Å². The van der Waals surface area contributed by atoms with Gasteiger partial charge in [0.2, 0.25) is 0 Å². The molecule has 0 spiro atoms. The van der Waals surface area contributed by atoms with Gasteiger partial charge in [0.1, 0.15) is 11.6 Å². The van der Waals surface area contributed by atoms with Crippen LogP contribution in [0, 0.1) is 11.3 Å². The van der Waals surface area contributed by atoms with Gasteiger partial charge in [0.25, 0.3) is 0 Å². The van der Waals surface area contributed by atoms with Crippen molar-refractivity contribution < 1.29 is 9.53 Å². The normalized spacial score (nSPS) is 10.6. The summed E-state index contributed by atoms with van der Waals surface area (Å²) in [5.74, 6) is 0.297. The van der Waals surface area contributed by atoms with Gasteiger partial charge in [-0.2, -0.15) is 5.26 Å². The SMILES string of the molecule is CCOC(=O)/C(C#N)=C\SCC. The molecule has 12 heavy (non-hydrogen) atoms. The van der Waals surface area contributed by atoms with E-state index in [0.717, 1.165) is 5.75 Å². The predicted octanol–water partition coefficient (Wildman–Crippen LogP) is 1.71. The van der Waals surface area contributed by atoms with Gasteiger partial charge in [-0.05, 0) is 18.1 Å². The monoisotopic (exact) mass is 185 g/mol. The highest BCUT2D eigenvalue weighted by Gasteiger charge is 2.08. The summed E-state index contributed by atoms with van der Waals surface area (Å²) in [7, 11) is 0. The molecule has 0 aromatic carbocycles. The van der Waals surface area contributed by atoms with Crippen LogP contribution in [0.1, 0.15) is 13.8 Å². The molecular formula is C8H11NO2S. The quantitative estimate of drug-likeness (QED) is 0.380. The maximum atomic E-state index is 11.0. The largest absolute Gasteiger partial charge is 0.462 e. The summed E-state index contributed by atoms with van der Waals surface area (Å²) >= 11 is 1.41. The van der Waals surface area contributed by atoms with Crippen molar-refractivity contribution in [3.63, 3.8) is 0 Å². The Hall–Kier alpha value is -0.950. The zero-order chi connectivity index (χ0) is 9.40. The highest BCUT2D eigenvalue weighted by Crippen LogP contribution is 2.07. The van der Waals surface area contributed by atoms with E-state index in [1.807, 2.05) is 6.92 Å². The van der Waals surface area contributed by atoms with Crippen molar-refractivity contribution in [3.05, 3.63) is 11.0 Å². The lowest BCUT2D eigenvalue weighted by atomic mass is 10.3. The fraction of sp³-hybridized carbons (Fsp3) is 0.500. The van der Waals surface area contributed by atoms with Crippen LogP contribution in [0.15, 0.2) is 11.0 Å². The first-order valence-corrected chi connectivity index (χ1v) is 4.70. The number of hydrogen-bond acceptors (Lipinski definition) is 4. The molecule has 66 valence electrons. The maximum absolute atomic E-state index is 11.0. The number of ether oxygens (including phenoxy) is 1. The highest BCUT2D eigenvalue weighted by atomic mass is 32.2. The first kappa shape index (κ1) is 11.1. The van der Waals surface area contributed by atoms with Gasteiger partial charge in [0, 0.05) is 0 Å². The van der Waals surface area contributed by atoms with Crippen LogP contribution in [0.4, 0.5) is 0 Å². The second kappa shape index (κ2) is 6.74. The second-order valence-electron chi connectivity index (χ2n) is 1.82. The summed E-state index contributed by atoms with van der Waals surface area (Å²) in [4.78, 5) is 11.0. The van der Waals surface area contributed by atoms with E-state index in [4.69, 9.17) is 5.26 Å². The van der Waals surface area contributed by atoms with Crippen molar-refractivity contribution in [3.8, 4) is 6.07 Å². The summed E-state index contributed by atoms with van der Waals surface area (Å²) in [6.07, 6.45) is 0. The molecule has 0 aromatic heterocycles. The molecule has 0 amide bonds. The highest BCUT2D eigenvalue weighted by molar-refractivity contribution is 8.02. The topological polar surface area (TPSA) is 50.1 Å². The van der Waals surface area contributed by atoms with E-state index in [2.05, 4.69) is 4.74 Å². The van der Waals surface area contributed by atoms with Crippen molar-refractivity contribution in [1.29, 1.82) is 5.26 Å². The molecule has 3 nitrogen and oxygen atoms in total. The van der Waals surface area contributed by atoms with Crippen molar-refractivity contribution in [1.82, 2.24) is 0 Å². The Bertz CT molecular complexity index is 218. The molecule has 0 saturated heterocycles. The average Bonchev–Trinajstić information content (AvgIpc) is 2.06. The number of nitriles is 1. The molecule has 0 bridgehead atoms. The Morgan fingerprint density at radius 3 is 2.75 bits per heavy atom. The maximum Gasteiger partial charge on any atom is 0.349 e. The summed E-state index contributed by atoms with van der Waals surface area (Å²) in [6.45, 7) is 3.95. The van der Waals surface area contributed by atoms with Gasteiger partial charge in [-0.25, -0.2) is 4.79 Å². The van der Waals surface area contributed by atoms with Crippen LogP contribution in [0.5, 0.6) is 0 Å². The predicted molar refractivity (Wildman–Crippen MR) is 48.5 cm³/mol. The molecule has 0 radical (unpaired) electrons. The van der Waals surface area contributed by atoms with Gasteiger partial charge in [0.05, 0.1) is 6.61 Å². The molecule has 0 aliphatic heterocycles. The standard InChI is InChI=1S/C8H11NO2S/c1-3-11-8(10)7(5-9)6-12-4-2/h6H,3-4H2,1-2H3/b7-6-. The molecule has 0 aromatic rings. The van der Waals surface area contributed by atoms with E-state index < -0.39 is 5.97 Å². The Morgan fingerprint density at radius 1 is 1.67 bits per heavy atom. The zero-order valence-corrected chi connectivity index (χ0v) is 7.98. The van der Waals surface area contributed by atoms with Gasteiger partial charge in [-0.15, -0.1) is 11.8 Å². The third kappa shape index (κ3) is 4.04. The summed E-state index contributed by atoms with van der Waals surface area (Å²) < 4.78 is 4.65. The molecule has 0 rings (SSSR count). The lowest BCUT2D eigenvalue weighted by molar-refractivity contribution is -0.137. The van der Waals surface area contributed by atoms with Crippen molar-refractivity contribution in [2.24, 2.45) is 0 Å². The van der Waals surface area contributed by atoms with Crippen LogP contribution in [0.2, 0.25) is 0 Å². The third-order valence-electron chi connectivity index (χ3n) is 0.984. The first-order valence-electron chi connectivity index (χ1n) is 3.65. The number of hydrogen-bond donors (Lipinski definition) is 0. The van der Waals surface area contributed by atoms with E-state index in [1.54, 1.807) is 13.0 Å². The van der Waals surface area contributed by atoms with Crippen molar-refractivity contribution in [2.45, 2.75) is 13.8 Å². The van der Waals surface area contributed by atoms with Crippen molar-refractivity contribution >= 4 is 17.7 Å². The summed E-state index contributed by atoms with van der Waals surface area (Å²) in [5.41, 5.74) is 0.0729. The number of nitrogens with zero attached hydrogens (tertiary/aromatic N) is 1. The molecular weight excluding hydrogens is 174 g/mol. The lowest BCUT2D eigenvalue weighted by Gasteiger charge is -1.97. The summed E-state index contributed by atoms with van der Waals surface area (Å²) in [5, 5.41) is 10.0. The van der Waals surface area contributed by atoms with Crippen LogP contribution in [0.3, 0.4) is 0 Å². The van der Waals surface area contributed by atoms with E-state index in [1.165, 1.54) is 17.2 Å². The Balaban J connectivity index is 4.16. The Labute approximate surface area is 76.4 Å².